The smallest absolute Gasteiger partial charge is 0.175 e. The van der Waals surface area contributed by atoms with E-state index in [0.29, 0.717) is 5.56 Å². The fourth-order valence-electron chi connectivity index (χ4n) is 1.43. The lowest BCUT2D eigenvalue weighted by Crippen LogP contribution is -2.01. The van der Waals surface area contributed by atoms with E-state index >= 15 is 0 Å². The topological polar surface area (TPSA) is 71.4 Å². The highest BCUT2D eigenvalue weighted by atomic mass is 32.2. The second-order valence-electron chi connectivity index (χ2n) is 3.80. The molecule has 16 heavy (non-hydrogen) atoms. The van der Waals surface area contributed by atoms with Crippen LogP contribution >= 0.6 is 0 Å². The van der Waals surface area contributed by atoms with Crippen LogP contribution in [-0.4, -0.2) is 26.1 Å². The van der Waals surface area contributed by atoms with Gasteiger partial charge in [0.05, 0.1) is 4.90 Å². The molecule has 5 heteroatoms. The van der Waals surface area contributed by atoms with Crippen molar-refractivity contribution in [2.24, 2.45) is 0 Å². The molecule has 0 aliphatic carbocycles. The van der Waals surface area contributed by atoms with Crippen molar-refractivity contribution >= 4 is 16.1 Å². The molecule has 1 unspecified atom stereocenters. The number of hydrogen-bond acceptors (Lipinski definition) is 4. The quantitative estimate of drug-likeness (QED) is 0.812. The van der Waals surface area contributed by atoms with Gasteiger partial charge in [0.25, 0.3) is 0 Å². The Bertz CT molecular complexity index is 491. The highest BCUT2D eigenvalue weighted by Gasteiger charge is 2.14. The zero-order valence-electron chi connectivity index (χ0n) is 9.17. The van der Waals surface area contributed by atoms with E-state index in [2.05, 4.69) is 0 Å². The minimum Gasteiger partial charge on any atom is -0.508 e. The summed E-state index contributed by atoms with van der Waals surface area (Å²) >= 11 is 0. The van der Waals surface area contributed by atoms with Gasteiger partial charge in [0.2, 0.25) is 0 Å². The third-order valence-corrected chi connectivity index (χ3v) is 3.52. The molecule has 1 atom stereocenters. The fourth-order valence-corrected chi connectivity index (χ4v) is 2.09. The zero-order chi connectivity index (χ0) is 12.3. The molecule has 1 aromatic rings. The minimum atomic E-state index is -3.29. The fraction of sp³-hybridized carbons (Fsp3) is 0.364. The lowest BCUT2D eigenvalue weighted by Gasteiger charge is -2.11. The largest absolute Gasteiger partial charge is 0.508 e. The number of rotatable bonds is 4. The number of carbonyl (C=O) groups excluding carboxylic acids is 1. The Balaban J connectivity index is 3.24. The zero-order valence-corrected chi connectivity index (χ0v) is 9.99. The van der Waals surface area contributed by atoms with Crippen molar-refractivity contribution < 1.29 is 18.3 Å². The number of phenols is 1. The summed E-state index contributed by atoms with van der Waals surface area (Å²) in [4.78, 5) is 10.5. The van der Waals surface area contributed by atoms with Crippen LogP contribution in [0.5, 0.6) is 5.75 Å². The van der Waals surface area contributed by atoms with E-state index in [-0.39, 0.29) is 23.0 Å². The Kier molecular flexibility index (Phi) is 3.70. The van der Waals surface area contributed by atoms with Crippen LogP contribution in [0.1, 0.15) is 24.8 Å². The highest BCUT2D eigenvalue weighted by molar-refractivity contribution is 7.90. The summed E-state index contributed by atoms with van der Waals surface area (Å²) in [6.07, 6.45) is 2.10. The molecule has 0 saturated heterocycles. The van der Waals surface area contributed by atoms with Crippen molar-refractivity contribution in [1.82, 2.24) is 0 Å². The van der Waals surface area contributed by atoms with E-state index in [9.17, 15) is 18.3 Å². The van der Waals surface area contributed by atoms with E-state index in [1.54, 1.807) is 6.92 Å². The van der Waals surface area contributed by atoms with Gasteiger partial charge in [0, 0.05) is 12.7 Å². The van der Waals surface area contributed by atoms with Gasteiger partial charge in [-0.2, -0.15) is 0 Å². The molecule has 0 radical (unpaired) electrons. The molecule has 1 N–H and O–H groups in total. The molecule has 0 spiro atoms. The monoisotopic (exact) mass is 242 g/mol. The molecule has 1 aromatic carbocycles. The second-order valence-corrected chi connectivity index (χ2v) is 5.81. The molecule has 0 amide bonds. The van der Waals surface area contributed by atoms with Crippen molar-refractivity contribution in [1.29, 1.82) is 0 Å². The van der Waals surface area contributed by atoms with Gasteiger partial charge in [0.1, 0.15) is 12.0 Å². The van der Waals surface area contributed by atoms with Crippen molar-refractivity contribution in [2.45, 2.75) is 24.2 Å². The van der Waals surface area contributed by atoms with E-state index in [1.807, 2.05) is 0 Å². The second kappa shape index (κ2) is 4.65. The molecule has 88 valence electrons. The van der Waals surface area contributed by atoms with Gasteiger partial charge in [-0.25, -0.2) is 8.42 Å². The molecular formula is C11H14O4S. The van der Waals surface area contributed by atoms with Gasteiger partial charge in [0.15, 0.2) is 9.84 Å². The Morgan fingerprint density at radius 3 is 2.56 bits per heavy atom. The van der Waals surface area contributed by atoms with E-state index in [0.717, 1.165) is 12.5 Å². The van der Waals surface area contributed by atoms with E-state index in [4.69, 9.17) is 0 Å². The first-order chi connectivity index (χ1) is 7.36. The van der Waals surface area contributed by atoms with E-state index in [1.165, 1.54) is 18.2 Å². The molecule has 0 aliphatic heterocycles. The predicted molar refractivity (Wildman–Crippen MR) is 60.3 cm³/mol. The highest BCUT2D eigenvalue weighted by Crippen LogP contribution is 2.29. The minimum absolute atomic E-state index is 0.0155. The summed E-state index contributed by atoms with van der Waals surface area (Å²) in [5.74, 6) is -0.180. The van der Waals surface area contributed by atoms with Crippen LogP contribution in [0.15, 0.2) is 23.1 Å². The normalized spacial score (nSPS) is 13.4. The Morgan fingerprint density at radius 1 is 1.44 bits per heavy atom. The maximum atomic E-state index is 11.3. The standard InChI is InChI=1S/C11H14O4S/c1-8(5-6-12)10-7-9(16(2,14)15)3-4-11(10)13/h3-4,6-8,13H,5H2,1-2H3. The van der Waals surface area contributed by atoms with Crippen LogP contribution in [0.25, 0.3) is 0 Å². The van der Waals surface area contributed by atoms with E-state index < -0.39 is 9.84 Å². The van der Waals surface area contributed by atoms with Crippen molar-refractivity contribution in [3.63, 3.8) is 0 Å². The van der Waals surface area contributed by atoms with Gasteiger partial charge < -0.3 is 9.90 Å². The predicted octanol–water partition coefficient (Wildman–Crippen LogP) is 1.49. The maximum absolute atomic E-state index is 11.3. The lowest BCUT2D eigenvalue weighted by molar-refractivity contribution is -0.108. The van der Waals surface area contributed by atoms with Gasteiger partial charge in [-0.05, 0) is 29.7 Å². The summed E-state index contributed by atoms with van der Waals surface area (Å²) in [6.45, 7) is 1.76. The van der Waals surface area contributed by atoms with Crippen molar-refractivity contribution in [3.8, 4) is 5.75 Å². The molecule has 0 bridgehead atoms. The third-order valence-electron chi connectivity index (χ3n) is 2.41. The average molecular weight is 242 g/mol. The van der Waals surface area contributed by atoms with Crippen LogP contribution < -0.4 is 0 Å². The van der Waals surface area contributed by atoms with Gasteiger partial charge in [-0.15, -0.1) is 0 Å². The SMILES string of the molecule is CC(CC=O)c1cc(S(C)(=O)=O)ccc1O. The summed E-state index contributed by atoms with van der Waals surface area (Å²) in [6, 6.07) is 4.10. The van der Waals surface area contributed by atoms with Crippen LogP contribution in [0.2, 0.25) is 0 Å². The molecule has 0 fully saturated rings. The third kappa shape index (κ3) is 2.82. The van der Waals surface area contributed by atoms with Crippen molar-refractivity contribution in [3.05, 3.63) is 23.8 Å². The molecule has 0 saturated carbocycles. The number of sulfone groups is 1. The molecule has 0 aliphatic rings. The van der Waals surface area contributed by atoms with Crippen LogP contribution in [0, 0.1) is 0 Å². The first-order valence-corrected chi connectivity index (χ1v) is 6.72. The first-order valence-electron chi connectivity index (χ1n) is 4.83. The Labute approximate surface area is 94.8 Å². The first kappa shape index (κ1) is 12.7. The molecular weight excluding hydrogens is 228 g/mol. The van der Waals surface area contributed by atoms with Crippen LogP contribution in [-0.2, 0) is 14.6 Å². The number of hydrogen-bond donors (Lipinski definition) is 1. The summed E-state index contributed by atoms with van der Waals surface area (Å²) < 4.78 is 22.7. The molecule has 1 rings (SSSR count). The number of aromatic hydroxyl groups is 1. The summed E-state index contributed by atoms with van der Waals surface area (Å²) in [5.41, 5.74) is 0.482. The summed E-state index contributed by atoms with van der Waals surface area (Å²) in [7, 11) is -3.29. The summed E-state index contributed by atoms with van der Waals surface area (Å²) in [5, 5.41) is 9.59. The van der Waals surface area contributed by atoms with Gasteiger partial charge >= 0.3 is 0 Å². The van der Waals surface area contributed by atoms with Gasteiger partial charge in [-0.1, -0.05) is 6.92 Å². The maximum Gasteiger partial charge on any atom is 0.175 e. The lowest BCUT2D eigenvalue weighted by atomic mass is 9.98. The number of benzene rings is 1. The average Bonchev–Trinajstić information content (AvgIpc) is 2.16. The number of carbonyl (C=O) groups is 1. The van der Waals surface area contributed by atoms with Crippen LogP contribution in [0.3, 0.4) is 0 Å². The van der Waals surface area contributed by atoms with Gasteiger partial charge in [-0.3, -0.25) is 0 Å². The Morgan fingerprint density at radius 2 is 2.06 bits per heavy atom. The molecule has 4 nitrogen and oxygen atoms in total. The Hall–Kier alpha value is -1.36. The number of phenolic OH excluding ortho intramolecular Hbond substituents is 1. The van der Waals surface area contributed by atoms with Crippen LogP contribution in [0.4, 0.5) is 0 Å². The number of aldehydes is 1. The van der Waals surface area contributed by atoms with Crippen molar-refractivity contribution in [2.75, 3.05) is 6.26 Å². The molecule has 0 aromatic heterocycles. The molecule has 0 heterocycles.